The Morgan fingerprint density at radius 1 is 1.10 bits per heavy atom. The van der Waals surface area contributed by atoms with Crippen LogP contribution in [-0.2, 0) is 21.8 Å². The van der Waals surface area contributed by atoms with Gasteiger partial charge in [-0.15, -0.1) is 0 Å². The van der Waals surface area contributed by atoms with Gasteiger partial charge in [-0.05, 0) is 51.0 Å². The van der Waals surface area contributed by atoms with E-state index in [4.69, 9.17) is 4.74 Å². The quantitative estimate of drug-likeness (QED) is 0.513. The van der Waals surface area contributed by atoms with E-state index in [-0.39, 0.29) is 11.3 Å². The highest BCUT2D eigenvalue weighted by Crippen LogP contribution is 2.24. The summed E-state index contributed by atoms with van der Waals surface area (Å²) in [5.74, 6) is -2.18. The molecule has 0 saturated carbocycles. The van der Waals surface area contributed by atoms with Crippen LogP contribution in [0.3, 0.4) is 0 Å². The van der Waals surface area contributed by atoms with Gasteiger partial charge in [0.05, 0.1) is 5.56 Å². The van der Waals surface area contributed by atoms with E-state index in [1.165, 1.54) is 4.31 Å². The van der Waals surface area contributed by atoms with E-state index < -0.39 is 33.3 Å². The fourth-order valence-electron chi connectivity index (χ4n) is 3.50. The molecule has 0 unspecified atom stereocenters. The molecule has 1 aromatic heterocycles. The van der Waals surface area contributed by atoms with Gasteiger partial charge in [0.2, 0.25) is 15.8 Å². The number of halogens is 1. The molecule has 9 heteroatoms. The number of rotatable bonds is 6. The van der Waals surface area contributed by atoms with Crippen molar-refractivity contribution in [1.82, 2.24) is 8.87 Å². The second-order valence-electron chi connectivity index (χ2n) is 7.45. The number of nitrogens with zero attached hydrogens (tertiary/aromatic N) is 2. The van der Waals surface area contributed by atoms with Crippen LogP contribution in [0.4, 0.5) is 4.39 Å². The molecule has 2 aromatic rings. The van der Waals surface area contributed by atoms with Gasteiger partial charge in [-0.25, -0.2) is 17.6 Å². The highest BCUT2D eigenvalue weighted by atomic mass is 32.2. The van der Waals surface area contributed by atoms with Gasteiger partial charge in [-0.3, -0.25) is 4.79 Å². The number of ketones is 1. The predicted octanol–water partition coefficient (Wildman–Crippen LogP) is 3.00. The van der Waals surface area contributed by atoms with Crippen LogP contribution in [-0.4, -0.2) is 48.7 Å². The van der Waals surface area contributed by atoms with Crippen molar-refractivity contribution < 1.29 is 27.1 Å². The topological polar surface area (TPSA) is 85.7 Å². The average molecular weight is 437 g/mol. The van der Waals surface area contributed by atoms with Gasteiger partial charge >= 0.3 is 5.97 Å². The molecular weight excluding hydrogens is 411 g/mol. The first-order valence-corrected chi connectivity index (χ1v) is 11.2. The van der Waals surface area contributed by atoms with Gasteiger partial charge in [0.15, 0.2) is 6.61 Å². The summed E-state index contributed by atoms with van der Waals surface area (Å²) >= 11 is 0. The van der Waals surface area contributed by atoms with E-state index in [9.17, 15) is 22.4 Å². The van der Waals surface area contributed by atoms with E-state index in [1.807, 2.05) is 18.5 Å². The predicted molar refractivity (Wildman–Crippen MR) is 109 cm³/mol. The molecule has 1 saturated heterocycles. The molecule has 30 heavy (non-hydrogen) atoms. The largest absolute Gasteiger partial charge is 0.454 e. The summed E-state index contributed by atoms with van der Waals surface area (Å²) in [6.07, 6.45) is 2.35. The SMILES string of the molecule is Cc1cc(C(=O)COC(=O)c2ccc(F)c(S(=O)(=O)N3CCCCC3)c2)c(C)n1C. The van der Waals surface area contributed by atoms with Gasteiger partial charge in [-0.1, -0.05) is 6.42 Å². The van der Waals surface area contributed by atoms with Crippen molar-refractivity contribution >= 4 is 21.8 Å². The van der Waals surface area contributed by atoms with Gasteiger partial charge in [0, 0.05) is 37.1 Å². The van der Waals surface area contributed by atoms with Crippen LogP contribution in [0.1, 0.15) is 51.4 Å². The molecule has 3 rings (SSSR count). The molecule has 0 spiro atoms. The first-order valence-electron chi connectivity index (χ1n) is 9.76. The number of aryl methyl sites for hydroxylation is 1. The molecule has 1 aliphatic rings. The third kappa shape index (κ3) is 4.32. The molecular formula is C21H25FN2O5S. The number of ether oxygens (including phenoxy) is 1. The number of Topliss-reactive ketones (excluding diaryl/α,β-unsaturated/α-hetero) is 1. The summed E-state index contributed by atoms with van der Waals surface area (Å²) in [5.41, 5.74) is 1.98. The molecule has 0 aliphatic carbocycles. The Balaban J connectivity index is 1.76. The van der Waals surface area contributed by atoms with E-state index in [0.29, 0.717) is 31.5 Å². The summed E-state index contributed by atoms with van der Waals surface area (Å²) in [4.78, 5) is 24.2. The Labute approximate surface area is 175 Å². The van der Waals surface area contributed by atoms with E-state index in [2.05, 4.69) is 0 Å². The second kappa shape index (κ2) is 8.69. The molecule has 2 heterocycles. The van der Waals surface area contributed by atoms with Crippen molar-refractivity contribution in [2.45, 2.75) is 38.0 Å². The fraction of sp³-hybridized carbons (Fsp3) is 0.429. The summed E-state index contributed by atoms with van der Waals surface area (Å²) in [7, 11) is -2.22. The molecule has 1 fully saturated rings. The summed E-state index contributed by atoms with van der Waals surface area (Å²) in [6.45, 7) is 3.80. The Hall–Kier alpha value is -2.52. The van der Waals surface area contributed by atoms with Crippen LogP contribution in [0.15, 0.2) is 29.2 Å². The molecule has 0 amide bonds. The zero-order chi connectivity index (χ0) is 22.1. The van der Waals surface area contributed by atoms with Crippen LogP contribution < -0.4 is 0 Å². The number of benzene rings is 1. The smallest absolute Gasteiger partial charge is 0.338 e. The van der Waals surface area contributed by atoms with E-state index in [1.54, 1.807) is 13.0 Å². The third-order valence-corrected chi connectivity index (χ3v) is 7.42. The first kappa shape index (κ1) is 22.2. The number of sulfonamides is 1. The van der Waals surface area contributed by atoms with Crippen molar-refractivity contribution in [1.29, 1.82) is 0 Å². The van der Waals surface area contributed by atoms with Gasteiger partial charge in [-0.2, -0.15) is 4.31 Å². The minimum absolute atomic E-state index is 0.124. The normalized spacial score (nSPS) is 15.2. The summed E-state index contributed by atoms with van der Waals surface area (Å²) in [5, 5.41) is 0. The lowest BCUT2D eigenvalue weighted by molar-refractivity contribution is 0.0474. The summed E-state index contributed by atoms with van der Waals surface area (Å²) in [6, 6.07) is 4.77. The second-order valence-corrected chi connectivity index (χ2v) is 9.36. The number of piperidine rings is 1. The standard InChI is InChI=1S/C21H25FN2O5S/c1-14-11-17(15(2)23(14)3)19(25)13-29-21(26)16-7-8-18(22)20(12-16)30(27,28)24-9-5-4-6-10-24/h7-8,11-12H,4-6,9-10,13H2,1-3H3. The first-order chi connectivity index (χ1) is 14.1. The maximum Gasteiger partial charge on any atom is 0.338 e. The minimum Gasteiger partial charge on any atom is -0.454 e. The lowest BCUT2D eigenvalue weighted by Crippen LogP contribution is -2.36. The fourth-order valence-corrected chi connectivity index (χ4v) is 5.11. The maximum absolute atomic E-state index is 14.3. The van der Waals surface area contributed by atoms with E-state index in [0.717, 1.165) is 36.0 Å². The highest BCUT2D eigenvalue weighted by molar-refractivity contribution is 7.89. The molecule has 162 valence electrons. The lowest BCUT2D eigenvalue weighted by atomic mass is 10.1. The molecule has 0 atom stereocenters. The number of hydrogen-bond acceptors (Lipinski definition) is 5. The van der Waals surface area contributed by atoms with Crippen molar-refractivity contribution in [3.8, 4) is 0 Å². The van der Waals surface area contributed by atoms with Crippen LogP contribution in [0.5, 0.6) is 0 Å². The zero-order valence-electron chi connectivity index (χ0n) is 17.3. The zero-order valence-corrected chi connectivity index (χ0v) is 18.1. The molecule has 0 N–H and O–H groups in total. The van der Waals surface area contributed by atoms with Gasteiger partial charge in [0.25, 0.3) is 0 Å². The average Bonchev–Trinajstić information content (AvgIpc) is 3.00. The lowest BCUT2D eigenvalue weighted by Gasteiger charge is -2.26. The van der Waals surface area contributed by atoms with Crippen LogP contribution in [0.2, 0.25) is 0 Å². The van der Waals surface area contributed by atoms with E-state index >= 15 is 0 Å². The van der Waals surface area contributed by atoms with Crippen molar-refractivity contribution in [3.05, 3.63) is 52.6 Å². The van der Waals surface area contributed by atoms with Crippen LogP contribution >= 0.6 is 0 Å². The molecule has 0 radical (unpaired) electrons. The van der Waals surface area contributed by atoms with Crippen LogP contribution in [0, 0.1) is 19.7 Å². The van der Waals surface area contributed by atoms with Gasteiger partial charge < -0.3 is 9.30 Å². The Bertz CT molecular complexity index is 1090. The molecule has 1 aromatic carbocycles. The maximum atomic E-state index is 14.3. The number of aromatic nitrogens is 1. The number of hydrogen-bond donors (Lipinski definition) is 0. The summed E-state index contributed by atoms with van der Waals surface area (Å²) < 4.78 is 48.0. The molecule has 7 nitrogen and oxygen atoms in total. The Morgan fingerprint density at radius 3 is 2.37 bits per heavy atom. The monoisotopic (exact) mass is 436 g/mol. The number of esters is 1. The molecule has 1 aliphatic heterocycles. The minimum atomic E-state index is -4.05. The molecule has 0 bridgehead atoms. The highest BCUT2D eigenvalue weighted by Gasteiger charge is 2.29. The Morgan fingerprint density at radius 2 is 1.77 bits per heavy atom. The third-order valence-electron chi connectivity index (χ3n) is 5.51. The van der Waals surface area contributed by atoms with Crippen molar-refractivity contribution in [2.24, 2.45) is 7.05 Å². The number of carbonyl (C=O) groups excluding carboxylic acids is 2. The van der Waals surface area contributed by atoms with Crippen LogP contribution in [0.25, 0.3) is 0 Å². The number of carbonyl (C=O) groups is 2. The Kier molecular flexibility index (Phi) is 6.42. The van der Waals surface area contributed by atoms with Gasteiger partial charge in [0.1, 0.15) is 10.7 Å². The van der Waals surface area contributed by atoms with Crippen molar-refractivity contribution in [2.75, 3.05) is 19.7 Å². The van der Waals surface area contributed by atoms with Crippen molar-refractivity contribution in [3.63, 3.8) is 0 Å².